The molecular weight excluding hydrogens is 250 g/mol. The van der Waals surface area contributed by atoms with Gasteiger partial charge in [-0.15, -0.1) is 11.3 Å². The fourth-order valence-electron chi connectivity index (χ4n) is 1.60. The molecule has 98 valence electrons. The second-order valence-electron chi connectivity index (χ2n) is 4.06. The fourth-order valence-corrected chi connectivity index (χ4v) is 2.46. The predicted molar refractivity (Wildman–Crippen MR) is 72.8 cm³/mol. The van der Waals surface area contributed by atoms with Gasteiger partial charge in [0.05, 0.1) is 4.88 Å². The van der Waals surface area contributed by atoms with Crippen molar-refractivity contribution in [3.63, 3.8) is 0 Å². The lowest BCUT2D eigenvalue weighted by molar-refractivity contribution is -0.131. The minimum absolute atomic E-state index is 0.00697. The summed E-state index contributed by atoms with van der Waals surface area (Å²) in [4.78, 5) is 25.7. The lowest BCUT2D eigenvalue weighted by Gasteiger charge is -2.24. The Morgan fingerprint density at radius 1 is 1.44 bits per heavy atom. The maximum Gasteiger partial charge on any atom is 0.328 e. The molecule has 1 aromatic rings. The molecule has 0 atom stereocenters. The Bertz CT molecular complexity index is 463. The van der Waals surface area contributed by atoms with Crippen LogP contribution < -0.4 is 0 Å². The molecule has 1 rings (SSSR count). The Labute approximate surface area is 111 Å². The molecule has 0 spiro atoms. The third-order valence-electron chi connectivity index (χ3n) is 2.45. The Hall–Kier alpha value is -1.62. The number of amides is 1. The van der Waals surface area contributed by atoms with Crippen molar-refractivity contribution < 1.29 is 14.7 Å². The van der Waals surface area contributed by atoms with Crippen LogP contribution in [0.25, 0.3) is 6.08 Å². The van der Waals surface area contributed by atoms with Crippen molar-refractivity contribution in [2.24, 2.45) is 0 Å². The molecule has 18 heavy (non-hydrogen) atoms. The van der Waals surface area contributed by atoms with Crippen LogP contribution >= 0.6 is 11.3 Å². The summed E-state index contributed by atoms with van der Waals surface area (Å²) in [5, 5.41) is 8.53. The van der Waals surface area contributed by atoms with Gasteiger partial charge in [-0.25, -0.2) is 4.79 Å². The van der Waals surface area contributed by atoms with Crippen molar-refractivity contribution in [2.45, 2.75) is 26.8 Å². The van der Waals surface area contributed by atoms with Gasteiger partial charge in [0, 0.05) is 23.5 Å². The van der Waals surface area contributed by atoms with Gasteiger partial charge in [0.15, 0.2) is 0 Å². The van der Waals surface area contributed by atoms with Gasteiger partial charge in [0.2, 0.25) is 0 Å². The average molecular weight is 267 g/mol. The highest BCUT2D eigenvalue weighted by Gasteiger charge is 2.18. The van der Waals surface area contributed by atoms with Crippen molar-refractivity contribution >= 4 is 29.3 Å². The molecule has 0 radical (unpaired) electrons. The molecular formula is C13H17NO3S. The van der Waals surface area contributed by atoms with Gasteiger partial charge in [-0.3, -0.25) is 4.79 Å². The molecule has 0 saturated carbocycles. The van der Waals surface area contributed by atoms with Crippen molar-refractivity contribution in [1.29, 1.82) is 0 Å². The van der Waals surface area contributed by atoms with Gasteiger partial charge < -0.3 is 10.0 Å². The van der Waals surface area contributed by atoms with E-state index in [2.05, 4.69) is 0 Å². The fraction of sp³-hybridized carbons (Fsp3) is 0.385. The van der Waals surface area contributed by atoms with Crippen LogP contribution in [0.1, 0.15) is 35.3 Å². The number of carbonyl (C=O) groups excluding carboxylic acids is 1. The van der Waals surface area contributed by atoms with Gasteiger partial charge >= 0.3 is 5.97 Å². The number of carboxylic acids is 1. The van der Waals surface area contributed by atoms with Gasteiger partial charge in [-0.1, -0.05) is 0 Å². The zero-order valence-corrected chi connectivity index (χ0v) is 11.5. The van der Waals surface area contributed by atoms with Crippen LogP contribution in [0.4, 0.5) is 0 Å². The van der Waals surface area contributed by atoms with E-state index in [0.29, 0.717) is 11.4 Å². The van der Waals surface area contributed by atoms with E-state index >= 15 is 0 Å². The molecule has 0 unspecified atom stereocenters. The first-order chi connectivity index (χ1) is 8.45. The summed E-state index contributed by atoms with van der Waals surface area (Å²) in [5.41, 5.74) is 0. The van der Waals surface area contributed by atoms with E-state index in [-0.39, 0.29) is 11.9 Å². The standard InChI is InChI=1S/C13H17NO3S/c1-4-14(9(2)3)13(17)11-7-5-10(18-11)6-8-12(15)16/h5-9H,4H2,1-3H3,(H,15,16). The SMILES string of the molecule is CCN(C(=O)c1ccc(C=CC(=O)O)s1)C(C)C. The summed E-state index contributed by atoms with van der Waals surface area (Å²) in [6.07, 6.45) is 2.57. The van der Waals surface area contributed by atoms with Gasteiger partial charge in [0.25, 0.3) is 5.91 Å². The lowest BCUT2D eigenvalue weighted by atomic mass is 10.3. The van der Waals surface area contributed by atoms with Gasteiger partial charge in [-0.2, -0.15) is 0 Å². The zero-order valence-electron chi connectivity index (χ0n) is 10.7. The average Bonchev–Trinajstić information content (AvgIpc) is 2.75. The summed E-state index contributed by atoms with van der Waals surface area (Å²) in [6.45, 7) is 6.55. The number of hydrogen-bond acceptors (Lipinski definition) is 3. The van der Waals surface area contributed by atoms with Gasteiger partial charge in [0.1, 0.15) is 0 Å². The number of nitrogens with zero attached hydrogens (tertiary/aromatic N) is 1. The summed E-state index contributed by atoms with van der Waals surface area (Å²) in [6, 6.07) is 3.65. The predicted octanol–water partition coefficient (Wildman–Crippen LogP) is 2.72. The van der Waals surface area contributed by atoms with Crippen LogP contribution in [0.3, 0.4) is 0 Å². The normalized spacial score (nSPS) is 11.1. The molecule has 0 aliphatic carbocycles. The summed E-state index contributed by atoms with van der Waals surface area (Å²) in [7, 11) is 0. The highest BCUT2D eigenvalue weighted by atomic mass is 32.1. The molecule has 1 heterocycles. The topological polar surface area (TPSA) is 57.6 Å². The van der Waals surface area contributed by atoms with Crippen molar-refractivity contribution in [3.05, 3.63) is 28.0 Å². The molecule has 4 nitrogen and oxygen atoms in total. The number of rotatable bonds is 5. The summed E-state index contributed by atoms with van der Waals surface area (Å²) < 4.78 is 0. The Balaban J connectivity index is 2.85. The maximum absolute atomic E-state index is 12.2. The second-order valence-corrected chi connectivity index (χ2v) is 5.17. The van der Waals surface area contributed by atoms with Crippen molar-refractivity contribution in [2.75, 3.05) is 6.54 Å². The first-order valence-corrected chi connectivity index (χ1v) is 6.59. The molecule has 0 fully saturated rings. The number of hydrogen-bond donors (Lipinski definition) is 1. The highest BCUT2D eigenvalue weighted by molar-refractivity contribution is 7.14. The Kier molecular flexibility index (Phi) is 5.09. The molecule has 1 N–H and O–H groups in total. The lowest BCUT2D eigenvalue weighted by Crippen LogP contribution is -2.36. The van der Waals surface area contributed by atoms with Crippen LogP contribution in [0.15, 0.2) is 18.2 Å². The number of carbonyl (C=O) groups is 2. The van der Waals surface area contributed by atoms with Crippen LogP contribution in [0, 0.1) is 0 Å². The molecule has 0 bridgehead atoms. The van der Waals surface area contributed by atoms with E-state index in [1.54, 1.807) is 17.0 Å². The van der Waals surface area contributed by atoms with E-state index in [0.717, 1.165) is 11.0 Å². The van der Waals surface area contributed by atoms with E-state index in [9.17, 15) is 9.59 Å². The summed E-state index contributed by atoms with van der Waals surface area (Å²) >= 11 is 1.30. The van der Waals surface area contributed by atoms with E-state index in [4.69, 9.17) is 5.11 Å². The zero-order chi connectivity index (χ0) is 13.7. The molecule has 5 heteroatoms. The number of aliphatic carboxylic acids is 1. The van der Waals surface area contributed by atoms with E-state index in [1.807, 2.05) is 20.8 Å². The van der Waals surface area contributed by atoms with Crippen LogP contribution in [-0.2, 0) is 4.79 Å². The van der Waals surface area contributed by atoms with Crippen molar-refractivity contribution in [3.8, 4) is 0 Å². The van der Waals surface area contributed by atoms with Crippen LogP contribution in [0.2, 0.25) is 0 Å². The minimum atomic E-state index is -0.992. The minimum Gasteiger partial charge on any atom is -0.478 e. The van der Waals surface area contributed by atoms with Crippen LogP contribution in [0.5, 0.6) is 0 Å². The quantitative estimate of drug-likeness (QED) is 0.834. The Morgan fingerprint density at radius 3 is 2.61 bits per heavy atom. The number of carboxylic acid groups (broad SMARTS) is 1. The first-order valence-electron chi connectivity index (χ1n) is 5.77. The smallest absolute Gasteiger partial charge is 0.328 e. The largest absolute Gasteiger partial charge is 0.478 e. The molecule has 0 aliphatic heterocycles. The third-order valence-corrected chi connectivity index (χ3v) is 3.49. The first kappa shape index (κ1) is 14.4. The van der Waals surface area contributed by atoms with E-state index < -0.39 is 5.97 Å². The van der Waals surface area contributed by atoms with E-state index in [1.165, 1.54) is 17.4 Å². The molecule has 0 aromatic carbocycles. The molecule has 1 amide bonds. The van der Waals surface area contributed by atoms with Crippen LogP contribution in [-0.4, -0.2) is 34.5 Å². The Morgan fingerprint density at radius 2 is 2.11 bits per heavy atom. The second kappa shape index (κ2) is 6.35. The molecule has 1 aromatic heterocycles. The summed E-state index contributed by atoms with van der Waals surface area (Å²) in [5.74, 6) is -0.999. The number of thiophene rings is 1. The van der Waals surface area contributed by atoms with Gasteiger partial charge in [-0.05, 0) is 39.0 Å². The molecule has 0 aliphatic rings. The maximum atomic E-state index is 12.2. The monoisotopic (exact) mass is 267 g/mol. The van der Waals surface area contributed by atoms with Crippen molar-refractivity contribution in [1.82, 2.24) is 4.90 Å². The molecule has 0 saturated heterocycles. The third kappa shape index (κ3) is 3.70. The highest BCUT2D eigenvalue weighted by Crippen LogP contribution is 2.20.